The van der Waals surface area contributed by atoms with Crippen LogP contribution in [0, 0.1) is 11.3 Å². The number of ether oxygens (including phenoxy) is 2. The maximum Gasteiger partial charge on any atom is 0.231 e. The Morgan fingerprint density at radius 2 is 1.95 bits per heavy atom. The lowest BCUT2D eigenvalue weighted by atomic mass is 9.98. The number of hydrogen-bond acceptors (Lipinski definition) is 4. The maximum absolute atomic E-state index is 10.8. The van der Waals surface area contributed by atoms with Gasteiger partial charge in [0, 0.05) is 11.1 Å². The summed E-state index contributed by atoms with van der Waals surface area (Å²) in [5.74, 6) is 1.34. The van der Waals surface area contributed by atoms with Crippen molar-refractivity contribution in [1.82, 2.24) is 0 Å². The molecule has 0 fully saturated rings. The maximum atomic E-state index is 10.8. The molecule has 0 aromatic heterocycles. The Bertz CT molecular complexity index is 701. The molecule has 0 spiro atoms. The van der Waals surface area contributed by atoms with E-state index in [2.05, 4.69) is 6.07 Å². The molecule has 4 heteroatoms. The Kier molecular flexibility index (Phi) is 2.66. The zero-order valence-corrected chi connectivity index (χ0v) is 9.92. The van der Waals surface area contributed by atoms with Crippen LogP contribution < -0.4 is 9.47 Å². The number of nitriles is 1. The zero-order valence-electron chi connectivity index (χ0n) is 9.92. The van der Waals surface area contributed by atoms with Gasteiger partial charge in [-0.25, -0.2) is 0 Å². The highest BCUT2D eigenvalue weighted by Gasteiger charge is 2.15. The van der Waals surface area contributed by atoms with Crippen molar-refractivity contribution in [1.29, 1.82) is 5.26 Å². The SMILES string of the molecule is N#Cc1ccc(C=O)cc1-c1ccc2c(c1)OCO2. The summed E-state index contributed by atoms with van der Waals surface area (Å²) in [5, 5.41) is 9.14. The smallest absolute Gasteiger partial charge is 0.231 e. The number of fused-ring (bicyclic) bond motifs is 1. The summed E-state index contributed by atoms with van der Waals surface area (Å²) in [6, 6.07) is 12.5. The van der Waals surface area contributed by atoms with Crippen LogP contribution in [0.2, 0.25) is 0 Å². The molecule has 2 aromatic rings. The Morgan fingerprint density at radius 3 is 2.74 bits per heavy atom. The molecule has 0 unspecified atom stereocenters. The van der Waals surface area contributed by atoms with Gasteiger partial charge in [0.15, 0.2) is 11.5 Å². The Hall–Kier alpha value is -2.80. The Morgan fingerprint density at radius 1 is 1.11 bits per heavy atom. The number of nitrogens with zero attached hydrogens (tertiary/aromatic N) is 1. The highest BCUT2D eigenvalue weighted by Crippen LogP contribution is 2.36. The van der Waals surface area contributed by atoms with Gasteiger partial charge < -0.3 is 9.47 Å². The van der Waals surface area contributed by atoms with Crippen LogP contribution in [0.1, 0.15) is 15.9 Å². The van der Waals surface area contributed by atoms with Crippen LogP contribution in [-0.4, -0.2) is 13.1 Å². The summed E-state index contributed by atoms with van der Waals surface area (Å²) >= 11 is 0. The molecule has 2 aromatic carbocycles. The minimum absolute atomic E-state index is 0.207. The first-order valence-electron chi connectivity index (χ1n) is 5.71. The monoisotopic (exact) mass is 251 g/mol. The fraction of sp³-hybridized carbons (Fsp3) is 0.0667. The fourth-order valence-corrected chi connectivity index (χ4v) is 2.04. The topological polar surface area (TPSA) is 59.3 Å². The van der Waals surface area contributed by atoms with Crippen molar-refractivity contribution in [2.75, 3.05) is 6.79 Å². The molecule has 3 rings (SSSR count). The lowest BCUT2D eigenvalue weighted by Crippen LogP contribution is -1.92. The number of hydrogen-bond donors (Lipinski definition) is 0. The molecule has 0 atom stereocenters. The van der Waals surface area contributed by atoms with Crippen LogP contribution in [0.5, 0.6) is 11.5 Å². The first kappa shape index (κ1) is 11.3. The van der Waals surface area contributed by atoms with Gasteiger partial charge in [0.25, 0.3) is 0 Å². The molecular weight excluding hydrogens is 242 g/mol. The van der Waals surface area contributed by atoms with Crippen molar-refractivity contribution in [3.63, 3.8) is 0 Å². The number of carbonyl (C=O) groups is 1. The lowest BCUT2D eigenvalue weighted by Gasteiger charge is -2.06. The summed E-state index contributed by atoms with van der Waals surface area (Å²) in [6.45, 7) is 0.207. The molecule has 1 heterocycles. The van der Waals surface area contributed by atoms with Gasteiger partial charge in [-0.3, -0.25) is 4.79 Å². The molecule has 0 radical (unpaired) electrons. The molecule has 92 valence electrons. The van der Waals surface area contributed by atoms with E-state index in [1.54, 1.807) is 24.3 Å². The van der Waals surface area contributed by atoms with Crippen molar-refractivity contribution >= 4 is 6.29 Å². The summed E-state index contributed by atoms with van der Waals surface area (Å²) in [4.78, 5) is 10.8. The van der Waals surface area contributed by atoms with Crippen molar-refractivity contribution in [3.05, 3.63) is 47.5 Å². The minimum Gasteiger partial charge on any atom is -0.454 e. The van der Waals surface area contributed by atoms with Crippen molar-refractivity contribution < 1.29 is 14.3 Å². The van der Waals surface area contributed by atoms with Gasteiger partial charge in [-0.1, -0.05) is 12.1 Å². The quantitative estimate of drug-likeness (QED) is 0.770. The first-order valence-corrected chi connectivity index (χ1v) is 5.71. The lowest BCUT2D eigenvalue weighted by molar-refractivity contribution is 0.112. The number of aldehydes is 1. The van der Waals surface area contributed by atoms with Gasteiger partial charge in [0.05, 0.1) is 11.6 Å². The summed E-state index contributed by atoms with van der Waals surface area (Å²) in [6.07, 6.45) is 0.762. The third kappa shape index (κ3) is 1.91. The highest BCUT2D eigenvalue weighted by molar-refractivity contribution is 5.82. The average molecular weight is 251 g/mol. The number of benzene rings is 2. The molecule has 0 bridgehead atoms. The van der Waals surface area contributed by atoms with Crippen LogP contribution in [0.15, 0.2) is 36.4 Å². The molecule has 1 aliphatic heterocycles. The zero-order chi connectivity index (χ0) is 13.2. The van der Waals surface area contributed by atoms with E-state index in [-0.39, 0.29) is 6.79 Å². The molecule has 19 heavy (non-hydrogen) atoms. The van der Waals surface area contributed by atoms with E-state index in [4.69, 9.17) is 14.7 Å². The first-order chi connectivity index (χ1) is 9.31. The summed E-state index contributed by atoms with van der Waals surface area (Å²) in [5.41, 5.74) is 2.59. The third-order valence-corrected chi connectivity index (χ3v) is 2.98. The van der Waals surface area contributed by atoms with E-state index in [1.807, 2.05) is 12.1 Å². The second kappa shape index (κ2) is 4.46. The third-order valence-electron chi connectivity index (χ3n) is 2.98. The van der Waals surface area contributed by atoms with Crippen LogP contribution >= 0.6 is 0 Å². The Balaban J connectivity index is 2.16. The van der Waals surface area contributed by atoms with E-state index in [1.165, 1.54) is 0 Å². The summed E-state index contributed by atoms with van der Waals surface area (Å²) in [7, 11) is 0. The molecule has 0 N–H and O–H groups in total. The van der Waals surface area contributed by atoms with Crippen molar-refractivity contribution in [2.24, 2.45) is 0 Å². The van der Waals surface area contributed by atoms with Crippen molar-refractivity contribution in [2.45, 2.75) is 0 Å². The normalized spacial score (nSPS) is 11.9. The van der Waals surface area contributed by atoms with E-state index in [0.717, 1.165) is 11.8 Å². The fourth-order valence-electron chi connectivity index (χ4n) is 2.04. The van der Waals surface area contributed by atoms with Gasteiger partial charge in [-0.15, -0.1) is 0 Å². The van der Waals surface area contributed by atoms with E-state index < -0.39 is 0 Å². The van der Waals surface area contributed by atoms with E-state index in [0.29, 0.717) is 28.2 Å². The largest absolute Gasteiger partial charge is 0.454 e. The van der Waals surface area contributed by atoms with Crippen molar-refractivity contribution in [3.8, 4) is 28.7 Å². The Labute approximate surface area is 109 Å². The molecule has 0 saturated heterocycles. The number of rotatable bonds is 2. The predicted octanol–water partition coefficient (Wildman–Crippen LogP) is 2.77. The molecule has 0 saturated carbocycles. The minimum atomic E-state index is 0.207. The number of carbonyl (C=O) groups excluding carboxylic acids is 1. The molecule has 0 amide bonds. The van der Waals surface area contributed by atoms with Gasteiger partial charge in [0.2, 0.25) is 6.79 Å². The van der Waals surface area contributed by atoms with Gasteiger partial charge in [0.1, 0.15) is 6.29 Å². The molecule has 1 aliphatic rings. The van der Waals surface area contributed by atoms with Gasteiger partial charge in [-0.05, 0) is 29.8 Å². The average Bonchev–Trinajstić information content (AvgIpc) is 2.93. The van der Waals surface area contributed by atoms with Gasteiger partial charge >= 0.3 is 0 Å². The molecular formula is C15H9NO3. The van der Waals surface area contributed by atoms with E-state index in [9.17, 15) is 4.79 Å². The second-order valence-corrected chi connectivity index (χ2v) is 4.10. The molecule has 0 aliphatic carbocycles. The summed E-state index contributed by atoms with van der Waals surface area (Å²) < 4.78 is 10.6. The highest BCUT2D eigenvalue weighted by atomic mass is 16.7. The second-order valence-electron chi connectivity index (χ2n) is 4.10. The molecule has 4 nitrogen and oxygen atoms in total. The standard InChI is InChI=1S/C15H9NO3/c16-7-12-2-1-10(8-17)5-13(12)11-3-4-14-15(6-11)19-9-18-14/h1-6,8H,9H2. The van der Waals surface area contributed by atoms with Gasteiger partial charge in [-0.2, -0.15) is 5.26 Å². The van der Waals surface area contributed by atoms with Crippen LogP contribution in [0.4, 0.5) is 0 Å². The van der Waals surface area contributed by atoms with Crippen LogP contribution in [0.3, 0.4) is 0 Å². The van der Waals surface area contributed by atoms with E-state index >= 15 is 0 Å². The van der Waals surface area contributed by atoms with Crippen LogP contribution in [0.25, 0.3) is 11.1 Å². The predicted molar refractivity (Wildman–Crippen MR) is 68.1 cm³/mol. The van der Waals surface area contributed by atoms with Crippen LogP contribution in [-0.2, 0) is 0 Å².